The van der Waals surface area contributed by atoms with Crippen LogP contribution in [0.1, 0.15) is 81.8 Å². The van der Waals surface area contributed by atoms with E-state index in [-0.39, 0.29) is 204 Å². The highest BCUT2D eigenvalue weighted by Gasteiger charge is 2.32. The third-order valence-corrected chi connectivity index (χ3v) is 22.3. The molecule has 0 fully saturated rings. The van der Waals surface area contributed by atoms with Gasteiger partial charge in [0.05, 0.1) is 143 Å². The van der Waals surface area contributed by atoms with Crippen molar-refractivity contribution in [3.05, 3.63) is 207 Å². The van der Waals surface area contributed by atoms with E-state index in [4.69, 9.17) is 199 Å². The third kappa shape index (κ3) is 25.5. The van der Waals surface area contributed by atoms with Crippen molar-refractivity contribution in [2.75, 3.05) is 123 Å². The molecule has 0 amide bonds. The molecule has 0 atom stereocenters. The van der Waals surface area contributed by atoms with Crippen molar-refractivity contribution in [1.82, 2.24) is 59.8 Å². The van der Waals surface area contributed by atoms with Crippen LogP contribution in [0.2, 0.25) is 65.3 Å². The number of halogens is 20. The number of nitrogens with zero attached hydrogens (tertiary/aromatic N) is 13. The van der Waals surface area contributed by atoms with E-state index in [2.05, 4.69) is 88.2 Å². The van der Waals surface area contributed by atoms with Crippen molar-refractivity contribution >= 4 is 239 Å². The average molecular weight is 2160 g/mol. The van der Waals surface area contributed by atoms with Gasteiger partial charge in [-0.25, -0.2) is 119 Å². The summed E-state index contributed by atoms with van der Waals surface area (Å²) in [4.78, 5) is 119. The van der Waals surface area contributed by atoms with Gasteiger partial charge in [-0.1, -0.05) is 151 Å². The summed E-state index contributed by atoms with van der Waals surface area (Å²) in [5.41, 5.74) is 31.5. The molecule has 12 rings (SSSR count). The van der Waals surface area contributed by atoms with E-state index < -0.39 is 99.0 Å². The van der Waals surface area contributed by atoms with Crippen LogP contribution >= 0.6 is 163 Å². The Bertz CT molecular complexity index is 6180. The zero-order valence-electron chi connectivity index (χ0n) is 70.6. The minimum Gasteiger partial charge on any atom is -0.494 e. The number of thioether (sulfide) groups is 1. The molecule has 714 valence electrons. The minimum absolute atomic E-state index is 0.0339. The van der Waals surface area contributed by atoms with Gasteiger partial charge in [-0.05, 0) is 86.0 Å². The van der Waals surface area contributed by atoms with E-state index in [9.17, 15) is 59.5 Å². The molecule has 0 spiro atoms. The van der Waals surface area contributed by atoms with Crippen molar-refractivity contribution in [3.8, 4) is 85.6 Å². The van der Waals surface area contributed by atoms with Crippen LogP contribution in [0.3, 0.4) is 0 Å². The SMILES string of the molecule is CCOc1c(Cl)ccc(-c2nc(N)c(Cl)c(C(=O)OC)n2)c1F.COC(=O)c1nc(-c2ccc(Cl)c(C(F)F)c2F)nc(N)c1Cl.COC(=O)c1nc(-c2ccc(Cl)c(N(C)C)c2F)nc(N)c1Cl.COC(=O)c1nc(-c2ccc(Cl)c(OC)c2Cl)nc(N)c1Cl.COC(=O)c1nc(-c2ccc(Cl)c(OC)c2F)nc(N)c1Cl.COC(=O)c1nc(-c2ccc(Cl)c(SC)c2F)nc(N)c1Cl. The predicted octanol–water partition coefficient (Wildman–Crippen LogP) is 20.4. The highest BCUT2D eigenvalue weighted by atomic mass is 35.5. The fraction of sp³-hybridized carbons (Fsp3) is 0.175. The standard InChI is InChI=1S/C14H13Cl2FN4O2.C14H12Cl2FN3O3.C13H10Cl3N3O3.C13H8Cl2F3N3O2.C13H10Cl2FN3O3.C13H10Cl2FN3O2S/c1-21(2)11-7(15)5-4-6(9(11)17)13-19-10(14(22)23-3)8(16)12(18)20-13;1-3-23-11-7(15)5-4-6(9(11)17)13-19-10(14(21)22-2)8(16)12(18)20-13;1-21-10-6(14)4-3-5(7(10)15)12-18-9(13(20)22-2)8(16)11(17)19-12;1-23-13(22)9-7(15)11(19)21-12(20-9)4-2-3-5(14)6(8(4)16)10(17)18;1-21-10-6(14)4-3-5(8(10)16)12-18-9(13(20)22-2)7(15)11(17)19-12;1-21-13(20)9-7(15)11(17)19-12(18-9)5-3-4-6(14)10(22-2)8(5)16/h4-5H,1-3H3,(H2,18,19,20);4-5H,3H2,1-2H3,(H2,18,19,20);3-4H,1-2H3,(H2,17,18,19);2-3,10H,1H3,(H2,19,20,21);2*3-4H,1-2H3,(H2,17,18,19). The Morgan fingerprint density at radius 3 is 0.852 bits per heavy atom. The van der Waals surface area contributed by atoms with Crippen molar-refractivity contribution in [3.63, 3.8) is 0 Å². The maximum atomic E-state index is 14.7. The van der Waals surface area contributed by atoms with E-state index >= 15 is 0 Å². The van der Waals surface area contributed by atoms with Crippen molar-refractivity contribution < 1.29 is 102 Å². The number of nitrogen functional groups attached to an aromatic ring is 6. The molecule has 12 N–H and O–H groups in total. The first kappa shape index (κ1) is 110. The van der Waals surface area contributed by atoms with E-state index in [1.807, 2.05) is 0 Å². The van der Waals surface area contributed by atoms with E-state index in [0.29, 0.717) is 10.6 Å². The second-order valence-electron chi connectivity index (χ2n) is 25.3. The number of carbonyl (C=O) groups is 6. The van der Waals surface area contributed by atoms with Crippen LogP contribution in [0, 0.1) is 29.1 Å². The van der Waals surface area contributed by atoms with Crippen LogP contribution in [-0.4, -0.2) is 179 Å². The van der Waals surface area contributed by atoms with Gasteiger partial charge in [0.15, 0.2) is 104 Å². The Hall–Kier alpha value is -11.8. The summed E-state index contributed by atoms with van der Waals surface area (Å²) in [5, 5.41) is -0.265. The zero-order valence-corrected chi connectivity index (χ0v) is 81.2. The molecule has 0 radical (unpaired) electrons. The Balaban J connectivity index is 0.000000221. The first-order chi connectivity index (χ1) is 63.6. The number of hydrogen-bond donors (Lipinski definition) is 6. The van der Waals surface area contributed by atoms with E-state index in [0.717, 1.165) is 45.2 Å². The zero-order chi connectivity index (χ0) is 101. The smallest absolute Gasteiger partial charge is 0.358 e. The molecule has 0 saturated carbocycles. The molecule has 0 aliphatic carbocycles. The lowest BCUT2D eigenvalue weighted by Crippen LogP contribution is -2.13. The highest BCUT2D eigenvalue weighted by Crippen LogP contribution is 2.44. The monoisotopic (exact) mass is 2150 g/mol. The molecule has 6 heterocycles. The second kappa shape index (κ2) is 49.1. The quantitative estimate of drug-likeness (QED) is 0.0189. The number of nitrogens with two attached hydrogens (primary N) is 6. The summed E-state index contributed by atoms with van der Waals surface area (Å²) in [5.74, 6) is -10.9. The second-order valence-corrected chi connectivity index (χ2v) is 31.2. The van der Waals surface area contributed by atoms with Gasteiger partial charge in [-0.3, -0.25) is 0 Å². The van der Waals surface area contributed by atoms with Gasteiger partial charge in [0.25, 0.3) is 6.43 Å². The molecule has 0 aliphatic heterocycles. The normalized spacial score (nSPS) is 10.6. The summed E-state index contributed by atoms with van der Waals surface area (Å²) < 4.78 is 141. The number of aromatic nitrogens is 12. The van der Waals surface area contributed by atoms with Gasteiger partial charge in [-0.2, -0.15) is 0 Å². The molecule has 0 unspecified atom stereocenters. The van der Waals surface area contributed by atoms with Gasteiger partial charge in [0.2, 0.25) is 0 Å². The summed E-state index contributed by atoms with van der Waals surface area (Å²) >= 11 is 77.8. The van der Waals surface area contributed by atoms with Gasteiger partial charge < -0.3 is 81.9 Å². The molecular formula is C80H63Cl13F7N19O15S. The minimum atomic E-state index is -3.15. The number of methoxy groups -OCH3 is 8. The Labute approximate surface area is 828 Å². The van der Waals surface area contributed by atoms with Crippen molar-refractivity contribution in [2.24, 2.45) is 0 Å². The first-order valence-corrected chi connectivity index (χ1v) is 42.4. The number of ether oxygens (including phenoxy) is 9. The fourth-order valence-corrected chi connectivity index (χ4v) is 14.1. The molecule has 6 aromatic heterocycles. The van der Waals surface area contributed by atoms with E-state index in [1.165, 1.54) is 89.0 Å². The summed E-state index contributed by atoms with van der Waals surface area (Å²) in [6.07, 6.45) is -1.46. The summed E-state index contributed by atoms with van der Waals surface area (Å²) in [6.45, 7) is 1.91. The van der Waals surface area contributed by atoms with Crippen molar-refractivity contribution in [1.29, 1.82) is 0 Å². The van der Waals surface area contributed by atoms with Crippen LogP contribution in [0.5, 0.6) is 17.2 Å². The largest absolute Gasteiger partial charge is 0.494 e. The average Bonchev–Trinajstić information content (AvgIpc) is 0.799. The fourth-order valence-electron chi connectivity index (χ4n) is 10.6. The summed E-state index contributed by atoms with van der Waals surface area (Å²) in [7, 11) is 12.9. The molecular weight excluding hydrogens is 2090 g/mol. The summed E-state index contributed by atoms with van der Waals surface area (Å²) in [6, 6.07) is 16.6. The Morgan fingerprint density at radius 2 is 0.570 bits per heavy atom. The highest BCUT2D eigenvalue weighted by molar-refractivity contribution is 7.98. The molecule has 12 aromatic rings. The van der Waals surface area contributed by atoms with Crippen molar-refractivity contribution in [2.45, 2.75) is 18.2 Å². The lowest BCUT2D eigenvalue weighted by molar-refractivity contribution is 0.0585. The van der Waals surface area contributed by atoms with Crippen LogP contribution in [0.15, 0.2) is 77.7 Å². The van der Waals surface area contributed by atoms with Crippen LogP contribution in [0.4, 0.5) is 71.3 Å². The number of benzene rings is 6. The number of esters is 6. The molecule has 0 saturated heterocycles. The number of alkyl halides is 2. The van der Waals surface area contributed by atoms with Gasteiger partial charge in [0.1, 0.15) is 76.7 Å². The molecule has 0 aliphatic rings. The van der Waals surface area contributed by atoms with Crippen LogP contribution in [-0.2, 0) is 28.4 Å². The molecule has 135 heavy (non-hydrogen) atoms. The number of rotatable bonds is 19. The molecule has 34 nitrogen and oxygen atoms in total. The maximum Gasteiger partial charge on any atom is 0.358 e. The topological polar surface area (TPSA) is 500 Å². The van der Waals surface area contributed by atoms with Crippen LogP contribution in [0.25, 0.3) is 68.3 Å². The molecule has 55 heteroatoms. The number of anilines is 7. The maximum absolute atomic E-state index is 14.7. The Kier molecular flexibility index (Phi) is 40.1. The molecule has 0 bridgehead atoms. The molecule has 6 aromatic carbocycles. The predicted molar refractivity (Wildman–Crippen MR) is 500 cm³/mol. The van der Waals surface area contributed by atoms with Gasteiger partial charge in [0, 0.05) is 19.7 Å². The Morgan fingerprint density at radius 1 is 0.326 bits per heavy atom. The van der Waals surface area contributed by atoms with E-state index in [1.54, 1.807) is 39.4 Å². The first-order valence-electron chi connectivity index (χ1n) is 36.2. The number of carbonyl (C=O) groups excluding carboxylic acids is 6. The van der Waals surface area contributed by atoms with Gasteiger partial charge >= 0.3 is 35.8 Å². The van der Waals surface area contributed by atoms with Crippen LogP contribution < -0.4 is 53.5 Å². The van der Waals surface area contributed by atoms with Gasteiger partial charge in [-0.15, -0.1) is 11.8 Å². The third-order valence-electron chi connectivity index (χ3n) is 16.9. The number of hydrogen-bond acceptors (Lipinski definition) is 35. The lowest BCUT2D eigenvalue weighted by atomic mass is 10.1. The lowest BCUT2D eigenvalue weighted by Gasteiger charge is -2.17.